The van der Waals surface area contributed by atoms with Gasteiger partial charge in [0.1, 0.15) is 13.8 Å². The Labute approximate surface area is 132 Å². The van der Waals surface area contributed by atoms with E-state index in [0.29, 0.717) is 0 Å². The Balaban J connectivity index is 2.52. The number of esters is 1. The van der Waals surface area contributed by atoms with Crippen LogP contribution in [-0.4, -0.2) is 28.3 Å². The Hall–Kier alpha value is -2.07. The van der Waals surface area contributed by atoms with E-state index >= 15 is 0 Å². The van der Waals surface area contributed by atoms with Gasteiger partial charge in [-0.15, -0.1) is 0 Å². The molecule has 2 rings (SSSR count). The molecule has 1 atom stereocenters. The van der Waals surface area contributed by atoms with Gasteiger partial charge in [-0.3, -0.25) is 4.79 Å². The number of benzene rings is 2. The van der Waals surface area contributed by atoms with E-state index in [4.69, 9.17) is 9.47 Å². The molecule has 1 unspecified atom stereocenters. The fraction of sp³-hybridized carbons (Fsp3) is 0.278. The standard InChI is InChI=1S/C18H22O3Si/c1-20-15-10-8-9-14(13-15)17(18(19)21-2)22(3,4)16-11-6-5-7-12-16/h5-13,17H,1-4H3. The van der Waals surface area contributed by atoms with Crippen molar-refractivity contribution in [3.63, 3.8) is 0 Å². The van der Waals surface area contributed by atoms with Gasteiger partial charge in [0, 0.05) is 0 Å². The van der Waals surface area contributed by atoms with Crippen LogP contribution in [0, 0.1) is 0 Å². The highest BCUT2D eigenvalue weighted by molar-refractivity contribution is 6.93. The van der Waals surface area contributed by atoms with Crippen molar-refractivity contribution in [2.75, 3.05) is 14.2 Å². The summed E-state index contributed by atoms with van der Waals surface area (Å²) in [4.78, 5) is 12.5. The SMILES string of the molecule is COC(=O)C(c1cccc(OC)c1)[Si](C)(C)c1ccccc1. The fourth-order valence-electron chi connectivity index (χ4n) is 2.82. The number of hydrogen-bond acceptors (Lipinski definition) is 3. The summed E-state index contributed by atoms with van der Waals surface area (Å²) in [5.74, 6) is 0.568. The van der Waals surface area contributed by atoms with Crippen molar-refractivity contribution >= 4 is 19.2 Å². The van der Waals surface area contributed by atoms with Gasteiger partial charge in [-0.2, -0.15) is 0 Å². The largest absolute Gasteiger partial charge is 0.497 e. The molecular weight excluding hydrogens is 292 g/mol. The minimum Gasteiger partial charge on any atom is -0.497 e. The van der Waals surface area contributed by atoms with E-state index in [0.717, 1.165) is 11.3 Å². The van der Waals surface area contributed by atoms with Crippen molar-refractivity contribution in [2.24, 2.45) is 0 Å². The van der Waals surface area contributed by atoms with Gasteiger partial charge in [0.15, 0.2) is 0 Å². The molecule has 0 amide bonds. The lowest BCUT2D eigenvalue weighted by atomic mass is 10.1. The zero-order valence-electron chi connectivity index (χ0n) is 13.5. The predicted molar refractivity (Wildman–Crippen MR) is 91.3 cm³/mol. The van der Waals surface area contributed by atoms with Gasteiger partial charge < -0.3 is 9.47 Å². The third kappa shape index (κ3) is 3.22. The first kappa shape index (κ1) is 16.3. The highest BCUT2D eigenvalue weighted by Crippen LogP contribution is 2.30. The average Bonchev–Trinajstić information content (AvgIpc) is 2.55. The molecule has 2 aromatic rings. The minimum atomic E-state index is -2.10. The van der Waals surface area contributed by atoms with E-state index in [1.165, 1.54) is 12.3 Å². The molecule has 0 aliphatic carbocycles. The fourth-order valence-corrected chi connectivity index (χ4v) is 5.93. The van der Waals surface area contributed by atoms with Gasteiger partial charge >= 0.3 is 5.97 Å². The summed E-state index contributed by atoms with van der Waals surface area (Å²) in [6.45, 7) is 4.40. The van der Waals surface area contributed by atoms with E-state index in [2.05, 4.69) is 25.2 Å². The van der Waals surface area contributed by atoms with Crippen LogP contribution in [0.4, 0.5) is 0 Å². The van der Waals surface area contributed by atoms with E-state index in [1.807, 2.05) is 42.5 Å². The van der Waals surface area contributed by atoms with Crippen LogP contribution in [0.15, 0.2) is 54.6 Å². The topological polar surface area (TPSA) is 35.5 Å². The molecule has 22 heavy (non-hydrogen) atoms. The molecule has 0 spiro atoms. The van der Waals surface area contributed by atoms with Crippen molar-refractivity contribution in [3.05, 3.63) is 60.2 Å². The van der Waals surface area contributed by atoms with E-state index in [9.17, 15) is 4.79 Å². The smallest absolute Gasteiger partial charge is 0.310 e. The van der Waals surface area contributed by atoms with Crippen LogP contribution in [0.5, 0.6) is 5.75 Å². The van der Waals surface area contributed by atoms with Gasteiger partial charge in [0.25, 0.3) is 0 Å². The van der Waals surface area contributed by atoms with Gasteiger partial charge in [-0.05, 0) is 17.7 Å². The first-order valence-electron chi connectivity index (χ1n) is 7.28. The lowest BCUT2D eigenvalue weighted by Crippen LogP contribution is -2.50. The summed E-state index contributed by atoms with van der Waals surface area (Å²) in [5, 5.41) is 1.23. The van der Waals surface area contributed by atoms with Crippen LogP contribution in [0.25, 0.3) is 0 Å². The maximum atomic E-state index is 12.5. The molecular formula is C18H22O3Si. The van der Waals surface area contributed by atoms with Crippen molar-refractivity contribution < 1.29 is 14.3 Å². The minimum absolute atomic E-state index is 0.186. The molecule has 3 nitrogen and oxygen atoms in total. The monoisotopic (exact) mass is 314 g/mol. The summed E-state index contributed by atoms with van der Waals surface area (Å²) in [6, 6.07) is 17.9. The molecule has 0 N–H and O–H groups in total. The van der Waals surface area contributed by atoms with Crippen LogP contribution >= 0.6 is 0 Å². The number of hydrogen-bond donors (Lipinski definition) is 0. The lowest BCUT2D eigenvalue weighted by molar-refractivity contribution is -0.140. The van der Waals surface area contributed by atoms with Gasteiger partial charge in [-0.25, -0.2) is 0 Å². The second-order valence-electron chi connectivity index (χ2n) is 5.82. The highest BCUT2D eigenvalue weighted by Gasteiger charge is 2.40. The molecule has 0 aliphatic heterocycles. The Morgan fingerprint density at radius 3 is 2.27 bits per heavy atom. The molecule has 116 valence electrons. The lowest BCUT2D eigenvalue weighted by Gasteiger charge is -2.31. The summed E-state index contributed by atoms with van der Waals surface area (Å²) < 4.78 is 10.4. The quantitative estimate of drug-likeness (QED) is 0.628. The third-order valence-corrected chi connectivity index (χ3v) is 7.94. The summed E-state index contributed by atoms with van der Waals surface area (Å²) in [5.41, 5.74) is 0.682. The Kier molecular flexibility index (Phi) is 5.03. The summed E-state index contributed by atoms with van der Waals surface area (Å²) >= 11 is 0. The summed E-state index contributed by atoms with van der Waals surface area (Å²) in [7, 11) is 0.981. The highest BCUT2D eigenvalue weighted by atomic mass is 28.3. The molecule has 4 heteroatoms. The van der Waals surface area contributed by atoms with Crippen LogP contribution in [0.1, 0.15) is 11.1 Å². The Bertz CT molecular complexity index is 638. The second-order valence-corrected chi connectivity index (χ2v) is 10.4. The number of ether oxygens (including phenoxy) is 2. The van der Waals surface area contributed by atoms with Crippen molar-refractivity contribution in [1.82, 2.24) is 0 Å². The van der Waals surface area contributed by atoms with E-state index in [-0.39, 0.29) is 11.5 Å². The molecule has 0 aliphatic rings. The molecule has 0 saturated heterocycles. The first-order valence-corrected chi connectivity index (χ1v) is 10.4. The maximum Gasteiger partial charge on any atom is 0.310 e. The number of rotatable bonds is 5. The van der Waals surface area contributed by atoms with Crippen molar-refractivity contribution in [3.8, 4) is 5.75 Å². The van der Waals surface area contributed by atoms with Gasteiger partial charge in [0.05, 0.1) is 19.8 Å². The number of carbonyl (C=O) groups excluding carboxylic acids is 1. The average molecular weight is 314 g/mol. The number of carbonyl (C=O) groups is 1. The zero-order valence-corrected chi connectivity index (χ0v) is 14.5. The zero-order chi connectivity index (χ0) is 16.2. The molecule has 0 fully saturated rings. The van der Waals surface area contributed by atoms with Crippen molar-refractivity contribution in [1.29, 1.82) is 0 Å². The number of methoxy groups -OCH3 is 2. The molecule has 0 heterocycles. The van der Waals surface area contributed by atoms with Gasteiger partial charge in [-0.1, -0.05) is 60.7 Å². The van der Waals surface area contributed by atoms with E-state index in [1.54, 1.807) is 7.11 Å². The Morgan fingerprint density at radius 1 is 1.00 bits per heavy atom. The third-order valence-electron chi connectivity index (χ3n) is 4.10. The molecule has 0 radical (unpaired) electrons. The maximum absolute atomic E-state index is 12.5. The first-order chi connectivity index (χ1) is 10.5. The molecule has 2 aromatic carbocycles. The van der Waals surface area contributed by atoms with E-state index < -0.39 is 8.07 Å². The molecule has 0 saturated carbocycles. The normalized spacial score (nSPS) is 12.5. The van der Waals surface area contributed by atoms with Crippen LogP contribution in [0.2, 0.25) is 13.1 Å². The van der Waals surface area contributed by atoms with Crippen molar-refractivity contribution in [2.45, 2.75) is 18.6 Å². The van der Waals surface area contributed by atoms with Crippen LogP contribution < -0.4 is 9.92 Å². The van der Waals surface area contributed by atoms with Crippen LogP contribution in [0.3, 0.4) is 0 Å². The van der Waals surface area contributed by atoms with Crippen LogP contribution in [-0.2, 0) is 9.53 Å². The predicted octanol–water partition coefficient (Wildman–Crippen LogP) is 3.11. The second kappa shape index (κ2) is 6.79. The molecule has 0 bridgehead atoms. The van der Waals surface area contributed by atoms with Gasteiger partial charge in [0.2, 0.25) is 0 Å². The summed E-state index contributed by atoms with van der Waals surface area (Å²) in [6.07, 6.45) is 0. The Morgan fingerprint density at radius 2 is 1.68 bits per heavy atom. The molecule has 0 aromatic heterocycles.